The van der Waals surface area contributed by atoms with E-state index in [0.717, 1.165) is 6.61 Å². The number of ether oxygens (including phenoxy) is 1. The van der Waals surface area contributed by atoms with Crippen LogP contribution in [0.15, 0.2) is 0 Å². The average molecular weight is 156 g/mol. The molecule has 0 N–H and O–H groups in total. The third-order valence-electron chi connectivity index (χ3n) is 2.78. The molecular formula is C10H20O. The minimum Gasteiger partial charge on any atom is -0.378 e. The summed E-state index contributed by atoms with van der Waals surface area (Å²) >= 11 is 0. The average Bonchev–Trinajstić information content (AvgIpc) is 1.94. The highest BCUT2D eigenvalue weighted by molar-refractivity contribution is 4.83. The van der Waals surface area contributed by atoms with Gasteiger partial charge in [0.2, 0.25) is 0 Å². The molecule has 1 nitrogen and oxygen atoms in total. The Morgan fingerprint density at radius 2 is 2.09 bits per heavy atom. The van der Waals surface area contributed by atoms with Crippen molar-refractivity contribution < 1.29 is 4.74 Å². The lowest BCUT2D eigenvalue weighted by Crippen LogP contribution is -2.35. The zero-order chi connectivity index (χ0) is 8.32. The van der Waals surface area contributed by atoms with E-state index >= 15 is 0 Å². The fraction of sp³-hybridized carbons (Fsp3) is 1.00. The van der Waals surface area contributed by atoms with Gasteiger partial charge in [-0.15, -0.1) is 0 Å². The van der Waals surface area contributed by atoms with Gasteiger partial charge in [0.15, 0.2) is 0 Å². The van der Waals surface area contributed by atoms with Gasteiger partial charge in [-0.2, -0.15) is 0 Å². The Balaban J connectivity index is 2.45. The van der Waals surface area contributed by atoms with Crippen molar-refractivity contribution >= 4 is 0 Å². The van der Waals surface area contributed by atoms with E-state index in [1.807, 2.05) is 0 Å². The molecule has 0 aromatic carbocycles. The van der Waals surface area contributed by atoms with Gasteiger partial charge in [-0.3, -0.25) is 0 Å². The molecule has 1 rings (SSSR count). The second-order valence-electron chi connectivity index (χ2n) is 4.18. The second-order valence-corrected chi connectivity index (χ2v) is 4.18. The third kappa shape index (κ3) is 2.19. The summed E-state index contributed by atoms with van der Waals surface area (Å²) in [6, 6.07) is 0. The molecule has 1 atom stereocenters. The van der Waals surface area contributed by atoms with Crippen molar-refractivity contribution in [2.24, 2.45) is 5.41 Å². The first-order valence-electron chi connectivity index (χ1n) is 4.78. The summed E-state index contributed by atoms with van der Waals surface area (Å²) in [5.74, 6) is 0. The van der Waals surface area contributed by atoms with E-state index in [1.165, 1.54) is 25.7 Å². The van der Waals surface area contributed by atoms with Crippen LogP contribution in [0.4, 0.5) is 0 Å². The monoisotopic (exact) mass is 156 g/mol. The van der Waals surface area contributed by atoms with E-state index in [9.17, 15) is 0 Å². The summed E-state index contributed by atoms with van der Waals surface area (Å²) in [7, 11) is 0. The second kappa shape index (κ2) is 3.57. The molecule has 1 unspecified atom stereocenters. The molecule has 66 valence electrons. The SMILES string of the molecule is CCOC1CCCCC1(C)C. The van der Waals surface area contributed by atoms with E-state index in [0.29, 0.717) is 11.5 Å². The lowest BCUT2D eigenvalue weighted by molar-refractivity contribution is -0.0451. The number of hydrogen-bond donors (Lipinski definition) is 0. The van der Waals surface area contributed by atoms with Gasteiger partial charge in [0.25, 0.3) is 0 Å². The van der Waals surface area contributed by atoms with Crippen LogP contribution in [0.1, 0.15) is 46.5 Å². The van der Waals surface area contributed by atoms with Crippen LogP contribution in [0, 0.1) is 5.41 Å². The lowest BCUT2D eigenvalue weighted by atomic mass is 9.75. The predicted molar refractivity (Wildman–Crippen MR) is 47.7 cm³/mol. The highest BCUT2D eigenvalue weighted by Crippen LogP contribution is 2.37. The van der Waals surface area contributed by atoms with Gasteiger partial charge < -0.3 is 4.74 Å². The molecule has 0 aromatic rings. The molecule has 0 radical (unpaired) electrons. The van der Waals surface area contributed by atoms with Crippen LogP contribution in [0.5, 0.6) is 0 Å². The van der Waals surface area contributed by atoms with Gasteiger partial charge in [-0.25, -0.2) is 0 Å². The topological polar surface area (TPSA) is 9.23 Å². The maximum absolute atomic E-state index is 5.70. The third-order valence-corrected chi connectivity index (χ3v) is 2.78. The maximum atomic E-state index is 5.70. The fourth-order valence-electron chi connectivity index (χ4n) is 1.97. The van der Waals surface area contributed by atoms with E-state index in [-0.39, 0.29) is 0 Å². The first-order valence-corrected chi connectivity index (χ1v) is 4.78. The standard InChI is InChI=1S/C10H20O/c1-4-11-9-7-5-6-8-10(9,2)3/h9H,4-8H2,1-3H3. The van der Waals surface area contributed by atoms with Gasteiger partial charge >= 0.3 is 0 Å². The van der Waals surface area contributed by atoms with Crippen molar-refractivity contribution in [2.45, 2.75) is 52.6 Å². The molecular weight excluding hydrogens is 136 g/mol. The first-order chi connectivity index (χ1) is 5.17. The van der Waals surface area contributed by atoms with Gasteiger partial charge in [0, 0.05) is 6.61 Å². The maximum Gasteiger partial charge on any atom is 0.0625 e. The molecule has 1 heteroatoms. The highest BCUT2D eigenvalue weighted by Gasteiger charge is 2.32. The zero-order valence-electron chi connectivity index (χ0n) is 8.02. The van der Waals surface area contributed by atoms with Crippen molar-refractivity contribution in [3.8, 4) is 0 Å². The van der Waals surface area contributed by atoms with E-state index < -0.39 is 0 Å². The largest absolute Gasteiger partial charge is 0.378 e. The summed E-state index contributed by atoms with van der Waals surface area (Å²) in [5.41, 5.74) is 0.425. The molecule has 1 aliphatic carbocycles. The molecule has 0 heterocycles. The molecule has 11 heavy (non-hydrogen) atoms. The van der Waals surface area contributed by atoms with Gasteiger partial charge in [-0.05, 0) is 25.2 Å². The van der Waals surface area contributed by atoms with Crippen LogP contribution in [-0.2, 0) is 4.74 Å². The fourth-order valence-corrected chi connectivity index (χ4v) is 1.97. The zero-order valence-corrected chi connectivity index (χ0v) is 8.02. The van der Waals surface area contributed by atoms with Crippen molar-refractivity contribution in [1.29, 1.82) is 0 Å². The minimum absolute atomic E-state index is 0.425. The van der Waals surface area contributed by atoms with Crippen molar-refractivity contribution in [3.05, 3.63) is 0 Å². The van der Waals surface area contributed by atoms with E-state index in [4.69, 9.17) is 4.74 Å². The Labute approximate surface area is 70.1 Å². The van der Waals surface area contributed by atoms with Crippen molar-refractivity contribution in [3.63, 3.8) is 0 Å². The molecule has 0 bridgehead atoms. The van der Waals surface area contributed by atoms with E-state index in [2.05, 4.69) is 20.8 Å². The lowest BCUT2D eigenvalue weighted by Gasteiger charge is -2.38. The number of hydrogen-bond acceptors (Lipinski definition) is 1. The minimum atomic E-state index is 0.425. The van der Waals surface area contributed by atoms with Gasteiger partial charge in [0.1, 0.15) is 0 Å². The molecule has 1 fully saturated rings. The quantitative estimate of drug-likeness (QED) is 0.597. The smallest absolute Gasteiger partial charge is 0.0625 e. The summed E-state index contributed by atoms with van der Waals surface area (Å²) in [6.07, 6.45) is 5.85. The van der Waals surface area contributed by atoms with Crippen molar-refractivity contribution in [1.82, 2.24) is 0 Å². The molecule has 0 saturated heterocycles. The van der Waals surface area contributed by atoms with Gasteiger partial charge in [-0.1, -0.05) is 26.7 Å². The molecule has 0 aromatic heterocycles. The van der Waals surface area contributed by atoms with Crippen LogP contribution in [0.25, 0.3) is 0 Å². The normalized spacial score (nSPS) is 30.3. The number of rotatable bonds is 2. The van der Waals surface area contributed by atoms with Crippen LogP contribution in [0.2, 0.25) is 0 Å². The van der Waals surface area contributed by atoms with Crippen LogP contribution < -0.4 is 0 Å². The molecule has 0 amide bonds. The molecule has 1 aliphatic rings. The van der Waals surface area contributed by atoms with E-state index in [1.54, 1.807) is 0 Å². The van der Waals surface area contributed by atoms with Crippen LogP contribution in [-0.4, -0.2) is 12.7 Å². The molecule has 0 aliphatic heterocycles. The summed E-state index contributed by atoms with van der Waals surface area (Å²) < 4.78 is 5.70. The summed E-state index contributed by atoms with van der Waals surface area (Å²) in [5, 5.41) is 0. The van der Waals surface area contributed by atoms with Gasteiger partial charge in [0.05, 0.1) is 6.10 Å². The Hall–Kier alpha value is -0.0400. The van der Waals surface area contributed by atoms with Crippen LogP contribution >= 0.6 is 0 Å². The Kier molecular flexibility index (Phi) is 2.94. The van der Waals surface area contributed by atoms with Crippen molar-refractivity contribution in [2.75, 3.05) is 6.61 Å². The first kappa shape index (κ1) is 9.05. The Morgan fingerprint density at radius 3 is 2.64 bits per heavy atom. The summed E-state index contributed by atoms with van der Waals surface area (Å²) in [6.45, 7) is 7.61. The highest BCUT2D eigenvalue weighted by atomic mass is 16.5. The van der Waals surface area contributed by atoms with Crippen LogP contribution in [0.3, 0.4) is 0 Å². The Morgan fingerprint density at radius 1 is 1.36 bits per heavy atom. The Bertz CT molecular complexity index is 116. The molecule has 0 spiro atoms. The molecule has 1 saturated carbocycles. The predicted octanol–water partition coefficient (Wildman–Crippen LogP) is 2.99. The summed E-state index contributed by atoms with van der Waals surface area (Å²) in [4.78, 5) is 0.